The minimum atomic E-state index is -0.215. The van der Waals surface area contributed by atoms with Gasteiger partial charge in [-0.15, -0.1) is 0 Å². The van der Waals surface area contributed by atoms with Gasteiger partial charge in [0.1, 0.15) is 5.69 Å². The molecule has 1 N–H and O–H groups in total. The Kier molecular flexibility index (Phi) is 3.31. The summed E-state index contributed by atoms with van der Waals surface area (Å²) in [7, 11) is 0. The summed E-state index contributed by atoms with van der Waals surface area (Å²) in [6.45, 7) is 0. The first-order valence-electron chi connectivity index (χ1n) is 4.73. The predicted molar refractivity (Wildman–Crippen MR) is 66.3 cm³/mol. The summed E-state index contributed by atoms with van der Waals surface area (Å²) in [5.74, 6) is -0.215. The molecule has 0 radical (unpaired) electrons. The van der Waals surface area contributed by atoms with Crippen LogP contribution in [-0.2, 0) is 0 Å². The number of carbonyl (C=O) groups excluding carboxylic acids is 1. The predicted octanol–water partition coefficient (Wildman–Crippen LogP) is 3.10. The first kappa shape index (κ1) is 10.8. The number of benzene rings is 1. The van der Waals surface area contributed by atoms with E-state index >= 15 is 0 Å². The van der Waals surface area contributed by atoms with Crippen molar-refractivity contribution >= 4 is 27.5 Å². The van der Waals surface area contributed by atoms with E-state index in [1.165, 1.54) is 0 Å². The molecule has 0 aliphatic heterocycles. The van der Waals surface area contributed by atoms with Gasteiger partial charge in [0.05, 0.1) is 0 Å². The number of rotatable bonds is 2. The molecule has 4 heteroatoms. The fourth-order valence-electron chi connectivity index (χ4n) is 1.25. The van der Waals surface area contributed by atoms with Gasteiger partial charge in [0.2, 0.25) is 0 Å². The summed E-state index contributed by atoms with van der Waals surface area (Å²) in [5.41, 5.74) is 1.15. The van der Waals surface area contributed by atoms with Crippen molar-refractivity contribution in [1.82, 2.24) is 4.98 Å². The molecule has 3 nitrogen and oxygen atoms in total. The van der Waals surface area contributed by atoms with Gasteiger partial charge in [0.15, 0.2) is 0 Å². The number of para-hydroxylation sites is 1. The zero-order valence-electron chi connectivity index (χ0n) is 8.35. The van der Waals surface area contributed by atoms with Crippen molar-refractivity contribution in [3.63, 3.8) is 0 Å². The van der Waals surface area contributed by atoms with Crippen molar-refractivity contribution in [2.75, 3.05) is 5.32 Å². The number of halogens is 1. The molecule has 0 saturated carbocycles. The van der Waals surface area contributed by atoms with Crippen LogP contribution in [0.5, 0.6) is 0 Å². The highest BCUT2D eigenvalue weighted by molar-refractivity contribution is 9.10. The van der Waals surface area contributed by atoms with Gasteiger partial charge in [-0.05, 0) is 24.3 Å². The summed E-state index contributed by atoms with van der Waals surface area (Å²) in [6, 6.07) is 12.7. The molecule has 0 aliphatic rings. The van der Waals surface area contributed by atoms with Crippen molar-refractivity contribution in [2.45, 2.75) is 0 Å². The number of carbonyl (C=O) groups is 1. The molecule has 16 heavy (non-hydrogen) atoms. The summed E-state index contributed by atoms with van der Waals surface area (Å²) in [6.07, 6.45) is 1.59. The van der Waals surface area contributed by atoms with Crippen LogP contribution in [0.1, 0.15) is 10.5 Å². The minimum absolute atomic E-state index is 0.215. The maximum atomic E-state index is 11.8. The van der Waals surface area contributed by atoms with E-state index in [1.807, 2.05) is 30.3 Å². The third-order valence-corrected chi connectivity index (χ3v) is 2.48. The molecule has 2 aromatic rings. The third-order valence-electron chi connectivity index (χ3n) is 1.99. The molecular weight excluding hydrogens is 268 g/mol. The Balaban J connectivity index is 2.15. The molecule has 2 rings (SSSR count). The quantitative estimate of drug-likeness (QED) is 0.916. The fraction of sp³-hybridized carbons (Fsp3) is 0. The van der Waals surface area contributed by atoms with Crippen LogP contribution in [0.3, 0.4) is 0 Å². The van der Waals surface area contributed by atoms with Crippen LogP contribution in [0.2, 0.25) is 0 Å². The lowest BCUT2D eigenvalue weighted by Gasteiger charge is -2.04. The highest BCUT2D eigenvalue weighted by Crippen LogP contribution is 2.11. The average Bonchev–Trinajstić information content (AvgIpc) is 2.30. The van der Waals surface area contributed by atoms with E-state index in [0.717, 1.165) is 10.2 Å². The van der Waals surface area contributed by atoms with E-state index in [-0.39, 0.29) is 5.91 Å². The number of amides is 1. The molecule has 1 aromatic heterocycles. The van der Waals surface area contributed by atoms with E-state index in [1.54, 1.807) is 18.3 Å². The number of nitrogens with one attached hydrogen (secondary N) is 1. The van der Waals surface area contributed by atoms with Gasteiger partial charge in [0.25, 0.3) is 5.91 Å². The summed E-state index contributed by atoms with van der Waals surface area (Å²) < 4.78 is 0.834. The van der Waals surface area contributed by atoms with Crippen molar-refractivity contribution in [3.8, 4) is 0 Å². The van der Waals surface area contributed by atoms with Gasteiger partial charge >= 0.3 is 0 Å². The van der Waals surface area contributed by atoms with Crippen molar-refractivity contribution in [2.24, 2.45) is 0 Å². The molecule has 80 valence electrons. The van der Waals surface area contributed by atoms with Gasteiger partial charge < -0.3 is 5.32 Å². The molecule has 0 bridgehead atoms. The normalized spacial score (nSPS) is 9.81. The number of hydrogen-bond donors (Lipinski definition) is 1. The van der Waals surface area contributed by atoms with Crippen LogP contribution < -0.4 is 5.32 Å². The van der Waals surface area contributed by atoms with E-state index in [2.05, 4.69) is 26.2 Å². The van der Waals surface area contributed by atoms with E-state index in [9.17, 15) is 4.79 Å². The lowest BCUT2D eigenvalue weighted by atomic mass is 10.3. The first-order valence-corrected chi connectivity index (χ1v) is 5.53. The molecule has 1 heterocycles. The van der Waals surface area contributed by atoms with Gasteiger partial charge in [-0.25, -0.2) is 0 Å². The summed E-state index contributed by atoms with van der Waals surface area (Å²) in [4.78, 5) is 15.8. The van der Waals surface area contributed by atoms with Crippen LogP contribution in [0, 0.1) is 0 Å². The van der Waals surface area contributed by atoms with Crippen LogP contribution in [0.15, 0.2) is 53.1 Å². The second-order valence-electron chi connectivity index (χ2n) is 3.18. The molecule has 0 aliphatic carbocycles. The zero-order chi connectivity index (χ0) is 11.4. The summed E-state index contributed by atoms with van der Waals surface area (Å²) >= 11 is 3.30. The average molecular weight is 277 g/mol. The number of nitrogens with zero attached hydrogens (tertiary/aromatic N) is 1. The fourth-order valence-corrected chi connectivity index (χ4v) is 1.58. The second-order valence-corrected chi connectivity index (χ2v) is 4.10. The molecule has 0 saturated heterocycles. The second kappa shape index (κ2) is 4.90. The third kappa shape index (κ3) is 2.67. The Hall–Kier alpha value is -1.68. The first-order chi connectivity index (χ1) is 7.75. The molecule has 1 amide bonds. The van der Waals surface area contributed by atoms with Crippen LogP contribution in [0.25, 0.3) is 0 Å². The maximum absolute atomic E-state index is 11.8. The van der Waals surface area contributed by atoms with Crippen molar-refractivity contribution in [1.29, 1.82) is 0 Å². The highest BCUT2D eigenvalue weighted by Gasteiger charge is 2.07. The van der Waals surface area contributed by atoms with Crippen LogP contribution >= 0.6 is 15.9 Å². The number of pyridine rings is 1. The Morgan fingerprint density at radius 1 is 1.19 bits per heavy atom. The lowest BCUT2D eigenvalue weighted by Crippen LogP contribution is -2.13. The molecule has 0 fully saturated rings. The Bertz CT molecular complexity index is 499. The lowest BCUT2D eigenvalue weighted by molar-refractivity contribution is 0.102. The number of aromatic nitrogens is 1. The van der Waals surface area contributed by atoms with Crippen LogP contribution in [-0.4, -0.2) is 10.9 Å². The molecule has 0 unspecified atom stereocenters. The Morgan fingerprint density at radius 3 is 2.62 bits per heavy atom. The standard InChI is InChI=1S/C12H9BrN2O/c13-9-6-7-14-11(8-9)12(16)15-10-4-2-1-3-5-10/h1-8H,(H,15,16). The highest BCUT2D eigenvalue weighted by atomic mass is 79.9. The van der Waals surface area contributed by atoms with Gasteiger partial charge in [-0.1, -0.05) is 34.1 Å². The van der Waals surface area contributed by atoms with Gasteiger partial charge in [-0.3, -0.25) is 9.78 Å². The summed E-state index contributed by atoms with van der Waals surface area (Å²) in [5, 5.41) is 2.76. The zero-order valence-corrected chi connectivity index (χ0v) is 9.94. The molecule has 0 spiro atoms. The maximum Gasteiger partial charge on any atom is 0.274 e. The number of hydrogen-bond acceptors (Lipinski definition) is 2. The van der Waals surface area contributed by atoms with Crippen molar-refractivity contribution < 1.29 is 4.79 Å². The van der Waals surface area contributed by atoms with Gasteiger partial charge in [0, 0.05) is 16.4 Å². The topological polar surface area (TPSA) is 42.0 Å². The van der Waals surface area contributed by atoms with E-state index in [0.29, 0.717) is 5.69 Å². The molecular formula is C12H9BrN2O. The molecule has 1 aromatic carbocycles. The smallest absolute Gasteiger partial charge is 0.274 e. The monoisotopic (exact) mass is 276 g/mol. The van der Waals surface area contributed by atoms with E-state index < -0.39 is 0 Å². The largest absolute Gasteiger partial charge is 0.321 e. The number of anilines is 1. The minimum Gasteiger partial charge on any atom is -0.321 e. The Labute approximate surface area is 102 Å². The SMILES string of the molecule is O=C(Nc1ccccc1)c1cc(Br)ccn1. The van der Waals surface area contributed by atoms with Crippen molar-refractivity contribution in [3.05, 3.63) is 58.8 Å². The Morgan fingerprint density at radius 2 is 1.94 bits per heavy atom. The molecule has 0 atom stereocenters. The van der Waals surface area contributed by atoms with Gasteiger partial charge in [-0.2, -0.15) is 0 Å². The van der Waals surface area contributed by atoms with E-state index in [4.69, 9.17) is 0 Å². The van der Waals surface area contributed by atoms with Crippen LogP contribution in [0.4, 0.5) is 5.69 Å².